The number of halogens is 1. The largest absolute Gasteiger partial charge is 0.452 e. The molecule has 1 N–H and O–H groups in total. The minimum absolute atomic E-state index is 0.193. The molecule has 0 aliphatic carbocycles. The average molecular weight is 407 g/mol. The van der Waals surface area contributed by atoms with Crippen LogP contribution in [-0.2, 0) is 9.53 Å². The molecule has 2 aromatic rings. The summed E-state index contributed by atoms with van der Waals surface area (Å²) in [5.74, 6) is -1.42. The summed E-state index contributed by atoms with van der Waals surface area (Å²) in [6, 6.07) is 12.6. The molecule has 2 rings (SSSR count). The van der Waals surface area contributed by atoms with Crippen LogP contribution in [-0.4, -0.2) is 23.4 Å². The molecule has 1 amide bonds. The zero-order valence-corrected chi connectivity index (χ0v) is 14.9. The summed E-state index contributed by atoms with van der Waals surface area (Å²) in [6.45, 7) is 1.27. The van der Waals surface area contributed by atoms with Crippen molar-refractivity contribution in [2.75, 3.05) is 6.61 Å². The summed E-state index contributed by atoms with van der Waals surface area (Å²) in [6.07, 6.45) is 0. The van der Waals surface area contributed by atoms with Gasteiger partial charge in [0.25, 0.3) is 11.6 Å². The highest BCUT2D eigenvalue weighted by atomic mass is 79.9. The Morgan fingerprint density at radius 2 is 1.84 bits per heavy atom. The zero-order chi connectivity index (χ0) is 18.4. The van der Waals surface area contributed by atoms with E-state index in [1.807, 2.05) is 24.3 Å². The maximum absolute atomic E-state index is 12.0. The summed E-state index contributed by atoms with van der Waals surface area (Å²) in [5, 5.41) is 13.6. The van der Waals surface area contributed by atoms with Crippen molar-refractivity contribution in [1.29, 1.82) is 0 Å². The molecule has 7 nitrogen and oxygen atoms in total. The van der Waals surface area contributed by atoms with Crippen LogP contribution in [0.5, 0.6) is 0 Å². The first kappa shape index (κ1) is 18.6. The molecule has 0 aromatic heterocycles. The molecule has 0 heterocycles. The Hall–Kier alpha value is -2.74. The van der Waals surface area contributed by atoms with Crippen molar-refractivity contribution in [2.45, 2.75) is 13.0 Å². The molecular weight excluding hydrogens is 392 g/mol. The summed E-state index contributed by atoms with van der Waals surface area (Å²) >= 11 is 3.33. The first-order valence-electron chi connectivity index (χ1n) is 7.34. The smallest absolute Gasteiger partial charge is 0.345 e. The molecule has 1 atom stereocenters. The van der Waals surface area contributed by atoms with Gasteiger partial charge >= 0.3 is 5.97 Å². The Morgan fingerprint density at radius 3 is 2.48 bits per heavy atom. The number of esters is 1. The molecule has 130 valence electrons. The van der Waals surface area contributed by atoms with Crippen LogP contribution in [0.4, 0.5) is 5.69 Å². The highest BCUT2D eigenvalue weighted by Gasteiger charge is 2.21. The fourth-order valence-electron chi connectivity index (χ4n) is 2.13. The summed E-state index contributed by atoms with van der Waals surface area (Å²) in [7, 11) is 0. The van der Waals surface area contributed by atoms with Crippen molar-refractivity contribution in [3.63, 3.8) is 0 Å². The molecule has 0 unspecified atom stereocenters. The number of carbonyl (C=O) groups is 2. The third-order valence-electron chi connectivity index (χ3n) is 3.40. The van der Waals surface area contributed by atoms with Crippen LogP contribution in [0.1, 0.15) is 28.9 Å². The van der Waals surface area contributed by atoms with Crippen molar-refractivity contribution >= 4 is 33.5 Å². The normalized spacial score (nSPS) is 11.4. The van der Waals surface area contributed by atoms with E-state index in [-0.39, 0.29) is 17.3 Å². The van der Waals surface area contributed by atoms with E-state index in [1.54, 1.807) is 6.92 Å². The van der Waals surface area contributed by atoms with Crippen LogP contribution in [0.2, 0.25) is 0 Å². The van der Waals surface area contributed by atoms with E-state index in [9.17, 15) is 19.7 Å². The summed E-state index contributed by atoms with van der Waals surface area (Å²) in [4.78, 5) is 34.1. The van der Waals surface area contributed by atoms with E-state index in [0.29, 0.717) is 0 Å². The lowest BCUT2D eigenvalue weighted by molar-refractivity contribution is -0.385. The molecule has 25 heavy (non-hydrogen) atoms. The Balaban J connectivity index is 1.92. The lowest BCUT2D eigenvalue weighted by atomic mass is 10.1. The van der Waals surface area contributed by atoms with Crippen molar-refractivity contribution in [3.8, 4) is 0 Å². The molecule has 0 saturated carbocycles. The lowest BCUT2D eigenvalue weighted by Gasteiger charge is -2.14. The fourth-order valence-corrected chi connectivity index (χ4v) is 2.40. The first-order valence-corrected chi connectivity index (χ1v) is 8.13. The fraction of sp³-hybridized carbons (Fsp3) is 0.176. The molecule has 0 aliphatic rings. The quantitative estimate of drug-likeness (QED) is 0.450. The van der Waals surface area contributed by atoms with Gasteiger partial charge in [-0.25, -0.2) is 4.79 Å². The number of para-hydroxylation sites is 1. The molecule has 0 radical (unpaired) electrons. The van der Waals surface area contributed by atoms with Crippen molar-refractivity contribution in [2.24, 2.45) is 0 Å². The Morgan fingerprint density at radius 1 is 1.20 bits per heavy atom. The monoisotopic (exact) mass is 406 g/mol. The number of hydrogen-bond acceptors (Lipinski definition) is 5. The van der Waals surface area contributed by atoms with Crippen LogP contribution in [0.25, 0.3) is 0 Å². The van der Waals surface area contributed by atoms with Crippen LogP contribution in [0.15, 0.2) is 53.0 Å². The number of rotatable bonds is 6. The van der Waals surface area contributed by atoms with Gasteiger partial charge < -0.3 is 10.1 Å². The minimum Gasteiger partial charge on any atom is -0.452 e. The summed E-state index contributed by atoms with van der Waals surface area (Å²) in [5.41, 5.74) is 0.332. The Labute approximate surface area is 152 Å². The number of nitrogens with zero attached hydrogens (tertiary/aromatic N) is 1. The van der Waals surface area contributed by atoms with Crippen LogP contribution in [0.3, 0.4) is 0 Å². The van der Waals surface area contributed by atoms with Gasteiger partial charge in [-0.1, -0.05) is 40.2 Å². The molecule has 0 fully saturated rings. The molecule has 0 saturated heterocycles. The van der Waals surface area contributed by atoms with E-state index in [2.05, 4.69) is 21.2 Å². The second-order valence-corrected chi connectivity index (χ2v) is 6.11. The second-order valence-electron chi connectivity index (χ2n) is 5.19. The van der Waals surface area contributed by atoms with Gasteiger partial charge in [-0.05, 0) is 30.7 Å². The van der Waals surface area contributed by atoms with Gasteiger partial charge in [-0.3, -0.25) is 14.9 Å². The number of ether oxygens (including phenoxy) is 1. The Bertz CT molecular complexity index is 792. The van der Waals surface area contributed by atoms with E-state index in [0.717, 1.165) is 10.0 Å². The second kappa shape index (κ2) is 8.39. The predicted molar refractivity (Wildman–Crippen MR) is 94.1 cm³/mol. The number of hydrogen-bond donors (Lipinski definition) is 1. The van der Waals surface area contributed by atoms with Gasteiger partial charge in [0, 0.05) is 10.5 Å². The number of carbonyl (C=O) groups excluding carboxylic acids is 2. The average Bonchev–Trinajstić information content (AvgIpc) is 2.60. The Kier molecular flexibility index (Phi) is 6.24. The van der Waals surface area contributed by atoms with Gasteiger partial charge in [-0.2, -0.15) is 0 Å². The summed E-state index contributed by atoms with van der Waals surface area (Å²) < 4.78 is 5.80. The van der Waals surface area contributed by atoms with Gasteiger partial charge in [0.05, 0.1) is 11.0 Å². The maximum Gasteiger partial charge on any atom is 0.345 e. The first-order chi connectivity index (χ1) is 11.9. The lowest BCUT2D eigenvalue weighted by Crippen LogP contribution is -2.31. The highest BCUT2D eigenvalue weighted by Crippen LogP contribution is 2.19. The molecule has 0 bridgehead atoms. The molecule has 2 aromatic carbocycles. The molecule has 0 spiro atoms. The molecule has 8 heteroatoms. The van der Waals surface area contributed by atoms with Crippen molar-refractivity contribution in [3.05, 3.63) is 74.2 Å². The number of nitro groups is 1. The van der Waals surface area contributed by atoms with Gasteiger partial charge in [0.2, 0.25) is 0 Å². The van der Waals surface area contributed by atoms with Crippen LogP contribution >= 0.6 is 15.9 Å². The molecular formula is C17H15BrN2O5. The van der Waals surface area contributed by atoms with Crippen LogP contribution in [0, 0.1) is 10.1 Å². The third-order valence-corrected chi connectivity index (χ3v) is 3.93. The van der Waals surface area contributed by atoms with Gasteiger partial charge in [0.1, 0.15) is 5.56 Å². The maximum atomic E-state index is 12.0. The van der Waals surface area contributed by atoms with Crippen LogP contribution < -0.4 is 5.32 Å². The van der Waals surface area contributed by atoms with E-state index < -0.39 is 23.4 Å². The van der Waals surface area contributed by atoms with E-state index in [4.69, 9.17) is 4.74 Å². The SMILES string of the molecule is C[C@@H](NC(=O)COC(=O)c1ccccc1[N+](=O)[O-])c1ccc(Br)cc1. The van der Waals surface area contributed by atoms with Crippen molar-refractivity contribution < 1.29 is 19.2 Å². The number of nitrogens with one attached hydrogen (secondary N) is 1. The topological polar surface area (TPSA) is 98.5 Å². The highest BCUT2D eigenvalue weighted by molar-refractivity contribution is 9.10. The van der Waals surface area contributed by atoms with Gasteiger partial charge in [-0.15, -0.1) is 0 Å². The zero-order valence-electron chi connectivity index (χ0n) is 13.3. The minimum atomic E-state index is -0.918. The standard InChI is InChI=1S/C17H15BrN2O5/c1-11(12-6-8-13(18)9-7-12)19-16(21)10-25-17(22)14-4-2-3-5-15(14)20(23)24/h2-9,11H,10H2,1H3,(H,19,21)/t11-/m1/s1. The van der Waals surface area contributed by atoms with Crippen molar-refractivity contribution in [1.82, 2.24) is 5.32 Å². The predicted octanol–water partition coefficient (Wildman–Crippen LogP) is 3.39. The van der Waals surface area contributed by atoms with E-state index >= 15 is 0 Å². The number of benzene rings is 2. The number of nitro benzene ring substituents is 1. The molecule has 0 aliphatic heterocycles. The number of amides is 1. The van der Waals surface area contributed by atoms with E-state index in [1.165, 1.54) is 24.3 Å². The third kappa shape index (κ3) is 5.12. The van der Waals surface area contributed by atoms with Gasteiger partial charge in [0.15, 0.2) is 6.61 Å².